The second-order valence-corrected chi connectivity index (χ2v) is 7.15. The van der Waals surface area contributed by atoms with Crippen LogP contribution in [0.15, 0.2) is 24.3 Å². The van der Waals surface area contributed by atoms with Crippen LogP contribution >= 0.6 is 0 Å². The number of benzene rings is 1. The number of carbonyl (C=O) groups excluding carboxylic acids is 2. The summed E-state index contributed by atoms with van der Waals surface area (Å²) in [5, 5.41) is 15.2. The third-order valence-corrected chi connectivity index (χ3v) is 5.58. The first-order chi connectivity index (χ1) is 12.5. The number of likely N-dealkylation sites (tertiary alicyclic amines) is 1. The highest BCUT2D eigenvalue weighted by atomic mass is 16.4. The number of nitrogens with one attached hydrogen (secondary N) is 2. The predicted molar refractivity (Wildman–Crippen MR) is 95.7 cm³/mol. The van der Waals surface area contributed by atoms with Gasteiger partial charge in [0.15, 0.2) is 0 Å². The SMILES string of the molecule is CCNC(=O)c1ccc(CNC(=O)N2C[C@@H]3CCC[C@@]3(C(=O)O)C2)cc1. The highest BCUT2D eigenvalue weighted by Crippen LogP contribution is 2.48. The number of hydrogen-bond donors (Lipinski definition) is 3. The van der Waals surface area contributed by atoms with Crippen LogP contribution in [0.3, 0.4) is 0 Å². The summed E-state index contributed by atoms with van der Waals surface area (Å²) in [6.45, 7) is 3.58. The Morgan fingerprint density at radius 1 is 1.23 bits per heavy atom. The third kappa shape index (κ3) is 3.38. The lowest BCUT2D eigenvalue weighted by atomic mass is 9.81. The third-order valence-electron chi connectivity index (χ3n) is 5.58. The fourth-order valence-corrected chi connectivity index (χ4v) is 4.12. The maximum Gasteiger partial charge on any atom is 0.317 e. The number of carbonyl (C=O) groups is 3. The number of rotatable bonds is 5. The molecule has 3 N–H and O–H groups in total. The van der Waals surface area contributed by atoms with Gasteiger partial charge in [-0.2, -0.15) is 0 Å². The van der Waals surface area contributed by atoms with Gasteiger partial charge in [0.05, 0.1) is 5.41 Å². The maximum absolute atomic E-state index is 12.4. The van der Waals surface area contributed by atoms with Gasteiger partial charge in [-0.15, -0.1) is 0 Å². The summed E-state index contributed by atoms with van der Waals surface area (Å²) in [4.78, 5) is 37.5. The molecular formula is C19H25N3O4. The summed E-state index contributed by atoms with van der Waals surface area (Å²) < 4.78 is 0. The van der Waals surface area contributed by atoms with Crippen LogP contribution in [0.5, 0.6) is 0 Å². The first kappa shape index (κ1) is 18.2. The van der Waals surface area contributed by atoms with Crippen LogP contribution in [0.25, 0.3) is 0 Å². The summed E-state index contributed by atoms with van der Waals surface area (Å²) >= 11 is 0. The predicted octanol–water partition coefficient (Wildman–Crippen LogP) is 1.83. The first-order valence-electron chi connectivity index (χ1n) is 9.09. The molecule has 1 aliphatic heterocycles. The van der Waals surface area contributed by atoms with Gasteiger partial charge in [0, 0.05) is 31.7 Å². The Bertz CT molecular complexity index is 703. The van der Waals surface area contributed by atoms with Crippen molar-refractivity contribution in [3.63, 3.8) is 0 Å². The second kappa shape index (κ2) is 7.35. The number of nitrogens with zero attached hydrogens (tertiary/aromatic N) is 1. The van der Waals surface area contributed by atoms with Crippen molar-refractivity contribution in [2.24, 2.45) is 11.3 Å². The molecule has 2 aliphatic rings. The highest BCUT2D eigenvalue weighted by molar-refractivity contribution is 5.94. The molecule has 7 heteroatoms. The molecule has 26 heavy (non-hydrogen) atoms. The van der Waals surface area contributed by atoms with Crippen molar-refractivity contribution in [3.8, 4) is 0 Å². The van der Waals surface area contributed by atoms with E-state index >= 15 is 0 Å². The molecule has 3 amide bonds. The van der Waals surface area contributed by atoms with Gasteiger partial charge < -0.3 is 20.6 Å². The van der Waals surface area contributed by atoms with Crippen LogP contribution in [0.1, 0.15) is 42.1 Å². The molecule has 140 valence electrons. The zero-order valence-corrected chi connectivity index (χ0v) is 15.0. The molecule has 1 aromatic carbocycles. The molecule has 0 spiro atoms. The lowest BCUT2D eigenvalue weighted by Gasteiger charge is -2.23. The largest absolute Gasteiger partial charge is 0.481 e. The van der Waals surface area contributed by atoms with Gasteiger partial charge in [-0.05, 0) is 43.4 Å². The van der Waals surface area contributed by atoms with Crippen LogP contribution in [0.2, 0.25) is 0 Å². The fraction of sp³-hybridized carbons (Fsp3) is 0.526. The Balaban J connectivity index is 1.55. The molecule has 1 saturated carbocycles. The summed E-state index contributed by atoms with van der Waals surface area (Å²) in [5.74, 6) is -0.844. The molecule has 1 saturated heterocycles. The van der Waals surface area contributed by atoms with Crippen LogP contribution in [-0.4, -0.2) is 47.5 Å². The molecular weight excluding hydrogens is 334 g/mol. The van der Waals surface area contributed by atoms with Gasteiger partial charge in [0.1, 0.15) is 0 Å². The molecule has 0 radical (unpaired) electrons. The minimum atomic E-state index is -0.781. The van der Waals surface area contributed by atoms with E-state index in [2.05, 4.69) is 10.6 Å². The summed E-state index contributed by atoms with van der Waals surface area (Å²) in [7, 11) is 0. The van der Waals surface area contributed by atoms with E-state index in [1.54, 1.807) is 17.0 Å². The lowest BCUT2D eigenvalue weighted by Crippen LogP contribution is -2.41. The number of fused-ring (bicyclic) bond motifs is 1. The van der Waals surface area contributed by atoms with E-state index in [0.717, 1.165) is 18.4 Å². The zero-order chi connectivity index (χ0) is 18.7. The van der Waals surface area contributed by atoms with E-state index in [9.17, 15) is 19.5 Å². The van der Waals surface area contributed by atoms with E-state index < -0.39 is 11.4 Å². The Kier molecular flexibility index (Phi) is 5.15. The van der Waals surface area contributed by atoms with Crippen molar-refractivity contribution >= 4 is 17.9 Å². The number of aliphatic carboxylic acids is 1. The molecule has 7 nitrogen and oxygen atoms in total. The van der Waals surface area contributed by atoms with Gasteiger partial charge in [-0.1, -0.05) is 18.6 Å². The van der Waals surface area contributed by atoms with E-state index in [0.29, 0.717) is 31.6 Å². The first-order valence-corrected chi connectivity index (χ1v) is 9.09. The average molecular weight is 359 g/mol. The molecule has 0 aromatic heterocycles. The summed E-state index contributed by atoms with van der Waals surface area (Å²) in [5.41, 5.74) is 0.711. The minimum absolute atomic E-state index is 0.0575. The van der Waals surface area contributed by atoms with Crippen LogP contribution < -0.4 is 10.6 Å². The Morgan fingerprint density at radius 2 is 1.96 bits per heavy atom. The van der Waals surface area contributed by atoms with E-state index in [-0.39, 0.29) is 24.4 Å². The second-order valence-electron chi connectivity index (χ2n) is 7.15. The van der Waals surface area contributed by atoms with Crippen LogP contribution in [0, 0.1) is 11.3 Å². The summed E-state index contributed by atoms with van der Waals surface area (Å²) in [6, 6.07) is 6.84. The fourth-order valence-electron chi connectivity index (χ4n) is 4.12. The van der Waals surface area contributed by atoms with Crippen molar-refractivity contribution < 1.29 is 19.5 Å². The number of carboxylic acids is 1. The number of hydrogen-bond acceptors (Lipinski definition) is 3. The van der Waals surface area contributed by atoms with Crippen LogP contribution in [-0.2, 0) is 11.3 Å². The molecule has 0 bridgehead atoms. The highest BCUT2D eigenvalue weighted by Gasteiger charge is 2.55. The van der Waals surface area contributed by atoms with Gasteiger partial charge in [-0.25, -0.2) is 4.79 Å². The van der Waals surface area contributed by atoms with Gasteiger partial charge >= 0.3 is 12.0 Å². The molecule has 0 unspecified atom stereocenters. The van der Waals surface area contributed by atoms with Crippen LogP contribution in [0.4, 0.5) is 4.79 Å². The molecule has 3 rings (SSSR count). The monoisotopic (exact) mass is 359 g/mol. The average Bonchev–Trinajstić information content (AvgIpc) is 3.19. The topological polar surface area (TPSA) is 98.7 Å². The maximum atomic E-state index is 12.4. The molecule has 1 heterocycles. The Labute approximate surface area is 152 Å². The normalized spacial score (nSPS) is 24.2. The van der Waals surface area contributed by atoms with E-state index in [1.807, 2.05) is 19.1 Å². The van der Waals surface area contributed by atoms with Gasteiger partial charge in [0.2, 0.25) is 0 Å². The number of amides is 3. The molecule has 2 fully saturated rings. The smallest absolute Gasteiger partial charge is 0.317 e. The minimum Gasteiger partial charge on any atom is -0.481 e. The van der Waals surface area contributed by atoms with Crippen molar-refractivity contribution in [1.29, 1.82) is 0 Å². The standard InChI is InChI=1S/C19H25N3O4/c1-2-20-16(23)14-7-5-13(6-8-14)10-21-18(26)22-11-15-4-3-9-19(15,12-22)17(24)25/h5-8,15H,2-4,9-12H2,1H3,(H,20,23)(H,21,26)(H,24,25)/t15-,19+/m0/s1. The molecule has 1 aliphatic carbocycles. The lowest BCUT2D eigenvalue weighted by molar-refractivity contribution is -0.149. The molecule has 2 atom stereocenters. The van der Waals surface area contributed by atoms with Gasteiger partial charge in [-0.3, -0.25) is 9.59 Å². The van der Waals surface area contributed by atoms with E-state index in [4.69, 9.17) is 0 Å². The van der Waals surface area contributed by atoms with Crippen molar-refractivity contribution in [1.82, 2.24) is 15.5 Å². The zero-order valence-electron chi connectivity index (χ0n) is 15.0. The number of urea groups is 1. The van der Waals surface area contributed by atoms with E-state index in [1.165, 1.54) is 0 Å². The Hall–Kier alpha value is -2.57. The quantitative estimate of drug-likeness (QED) is 0.747. The van der Waals surface area contributed by atoms with Gasteiger partial charge in [0.25, 0.3) is 5.91 Å². The van der Waals surface area contributed by atoms with Crippen molar-refractivity contribution in [2.75, 3.05) is 19.6 Å². The Morgan fingerprint density at radius 3 is 2.58 bits per heavy atom. The van der Waals surface area contributed by atoms with Crippen molar-refractivity contribution in [2.45, 2.75) is 32.7 Å². The van der Waals surface area contributed by atoms with Crippen molar-refractivity contribution in [3.05, 3.63) is 35.4 Å². The summed E-state index contributed by atoms with van der Waals surface area (Å²) in [6.07, 6.45) is 2.44. The molecule has 1 aromatic rings. The number of carboxylic acid groups (broad SMARTS) is 1.